The van der Waals surface area contributed by atoms with Gasteiger partial charge in [0.2, 0.25) is 0 Å². The summed E-state index contributed by atoms with van der Waals surface area (Å²) in [7, 11) is 0. The summed E-state index contributed by atoms with van der Waals surface area (Å²) in [6.07, 6.45) is 25.8. The molecule has 10 unspecified atom stereocenters. The lowest BCUT2D eigenvalue weighted by Crippen LogP contribution is -2.48. The van der Waals surface area contributed by atoms with Gasteiger partial charge in [-0.15, -0.1) is 0 Å². The zero-order chi connectivity index (χ0) is 39.0. The number of aromatic hydroxyl groups is 1. The van der Waals surface area contributed by atoms with Crippen molar-refractivity contribution in [2.75, 3.05) is 6.54 Å². The van der Waals surface area contributed by atoms with Crippen LogP contribution in [0.2, 0.25) is 0 Å². The minimum atomic E-state index is -1.11. The molecule has 4 aliphatic rings. The molecule has 0 radical (unpaired) electrons. The standard InChI is InChI=1S/C46H65N3O6/c1-2-3-5-8-30-11-14-34(42(51)24-30)9-6-4-7-10-40(45(53)54)44(52)35-15-18-41-36(22-32-19-20-48-43(47)25-32)26-37(46(41,55)28-35)27-38-23-33(29-49-38)21-31-12-16-39(50)17-13-31/h11-19,23,25,29-30,34-37,40-42,44,48-52,55H,2-10,20-22,24,26-28,47H2,1H3,(H,53,54). The van der Waals surface area contributed by atoms with E-state index in [9.17, 15) is 30.3 Å². The minimum Gasteiger partial charge on any atom is -0.508 e. The quantitative estimate of drug-likeness (QED) is 0.0546. The van der Waals surface area contributed by atoms with Crippen LogP contribution in [0.4, 0.5) is 0 Å². The predicted octanol–water partition coefficient (Wildman–Crippen LogP) is 7.28. The molecule has 6 rings (SSSR count). The normalized spacial score (nSPS) is 29.9. The number of aliphatic carboxylic acids is 1. The molecule has 55 heavy (non-hydrogen) atoms. The van der Waals surface area contributed by atoms with Crippen LogP contribution >= 0.6 is 0 Å². The van der Waals surface area contributed by atoms with E-state index >= 15 is 0 Å². The summed E-state index contributed by atoms with van der Waals surface area (Å²) in [5.74, 6) is -0.931. The Bertz CT molecular complexity index is 1680. The summed E-state index contributed by atoms with van der Waals surface area (Å²) in [6.45, 7) is 2.89. The van der Waals surface area contributed by atoms with Crippen LogP contribution in [0.5, 0.6) is 5.75 Å². The number of hydrogen-bond donors (Lipinski definition) is 8. The molecule has 1 aromatic heterocycles. The molecule has 1 saturated carbocycles. The van der Waals surface area contributed by atoms with Gasteiger partial charge in [-0.25, -0.2) is 0 Å². The fourth-order valence-electron chi connectivity index (χ4n) is 10.1. The number of carboxylic acid groups (broad SMARTS) is 1. The van der Waals surface area contributed by atoms with Crippen LogP contribution in [0.3, 0.4) is 0 Å². The van der Waals surface area contributed by atoms with Crippen LogP contribution in [-0.4, -0.2) is 60.8 Å². The highest BCUT2D eigenvalue weighted by Crippen LogP contribution is 2.54. The van der Waals surface area contributed by atoms with Gasteiger partial charge in [-0.05, 0) is 117 Å². The molecule has 0 bridgehead atoms. The Kier molecular flexibility index (Phi) is 14.0. The average molecular weight is 756 g/mol. The van der Waals surface area contributed by atoms with Crippen LogP contribution in [0, 0.1) is 41.4 Å². The summed E-state index contributed by atoms with van der Waals surface area (Å²) in [5, 5.41) is 58.3. The Morgan fingerprint density at radius 2 is 1.78 bits per heavy atom. The molecular weight excluding hydrogens is 691 g/mol. The lowest BCUT2D eigenvalue weighted by Gasteiger charge is -2.42. The number of benzene rings is 1. The number of nitrogens with one attached hydrogen (secondary N) is 2. The van der Waals surface area contributed by atoms with E-state index in [4.69, 9.17) is 5.73 Å². The Balaban J connectivity index is 1.08. The predicted molar refractivity (Wildman–Crippen MR) is 217 cm³/mol. The van der Waals surface area contributed by atoms with Crippen molar-refractivity contribution in [3.8, 4) is 5.75 Å². The number of carbonyl (C=O) groups is 1. The van der Waals surface area contributed by atoms with Gasteiger partial charge >= 0.3 is 5.97 Å². The van der Waals surface area contributed by atoms with Gasteiger partial charge < -0.3 is 41.6 Å². The zero-order valence-electron chi connectivity index (χ0n) is 32.7. The number of aromatic nitrogens is 1. The van der Waals surface area contributed by atoms with E-state index in [2.05, 4.69) is 47.6 Å². The van der Waals surface area contributed by atoms with Gasteiger partial charge in [0.15, 0.2) is 0 Å². The highest BCUT2D eigenvalue weighted by atomic mass is 16.4. The number of unbranched alkanes of at least 4 members (excludes halogenated alkanes) is 4. The van der Waals surface area contributed by atoms with Crippen molar-refractivity contribution in [1.82, 2.24) is 10.3 Å². The van der Waals surface area contributed by atoms with E-state index in [0.717, 1.165) is 73.8 Å². The third kappa shape index (κ3) is 10.5. The van der Waals surface area contributed by atoms with E-state index in [-0.39, 0.29) is 35.5 Å². The number of aliphatic hydroxyl groups excluding tert-OH is 2. The van der Waals surface area contributed by atoms with E-state index in [1.807, 2.05) is 30.5 Å². The fourth-order valence-corrected chi connectivity index (χ4v) is 10.1. The number of aliphatic hydroxyl groups is 3. The van der Waals surface area contributed by atoms with Crippen molar-refractivity contribution >= 4 is 5.97 Å². The molecule has 9 N–H and O–H groups in total. The molecule has 2 heterocycles. The topological polar surface area (TPSA) is 172 Å². The van der Waals surface area contributed by atoms with Crippen LogP contribution in [0.25, 0.3) is 0 Å². The Hall–Kier alpha value is -3.79. The number of aromatic amines is 1. The number of allylic oxidation sites excluding steroid dienone is 3. The highest BCUT2D eigenvalue weighted by molar-refractivity contribution is 5.70. The maximum atomic E-state index is 12.7. The van der Waals surface area contributed by atoms with Gasteiger partial charge in [-0.1, -0.05) is 88.0 Å². The van der Waals surface area contributed by atoms with Crippen LogP contribution in [0.15, 0.2) is 84.4 Å². The number of phenolic OH excluding ortho intramolecular Hbond substituents is 1. The molecule has 9 heteroatoms. The minimum absolute atomic E-state index is 0.0925. The van der Waals surface area contributed by atoms with E-state index < -0.39 is 29.5 Å². The SMILES string of the molecule is CCCCCC1C=CC(CCCCCC(C(=O)O)C(O)C2C=CC3C(CC4=CCNC(N)=C4)CC(Cc4cc(Cc5ccc(O)cc5)c[nH]4)C3(O)C2)C(O)C1. The highest BCUT2D eigenvalue weighted by Gasteiger charge is 2.55. The molecule has 1 aliphatic heterocycles. The number of phenols is 1. The first-order valence-corrected chi connectivity index (χ1v) is 21.0. The number of fused-ring (bicyclic) bond motifs is 1. The molecule has 0 spiro atoms. The zero-order valence-corrected chi connectivity index (χ0v) is 32.7. The van der Waals surface area contributed by atoms with Gasteiger partial charge in [0.25, 0.3) is 0 Å². The second-order valence-electron chi connectivity index (χ2n) is 17.2. The third-order valence-corrected chi connectivity index (χ3v) is 13.2. The molecule has 0 amide bonds. The van der Waals surface area contributed by atoms with Gasteiger partial charge in [-0.2, -0.15) is 0 Å². The number of H-pyrrole nitrogens is 1. The van der Waals surface area contributed by atoms with Crippen molar-refractivity contribution in [2.24, 2.45) is 47.2 Å². The van der Waals surface area contributed by atoms with Gasteiger partial charge in [0.05, 0.1) is 29.5 Å². The molecule has 2 aromatic rings. The Morgan fingerprint density at radius 1 is 0.982 bits per heavy atom. The largest absolute Gasteiger partial charge is 0.508 e. The summed E-state index contributed by atoms with van der Waals surface area (Å²) in [4.78, 5) is 16.0. The number of rotatable bonds is 19. The molecular formula is C46H65N3O6. The molecule has 1 fully saturated rings. The third-order valence-electron chi connectivity index (χ3n) is 13.2. The lowest BCUT2D eigenvalue weighted by atomic mass is 9.68. The van der Waals surface area contributed by atoms with Crippen LogP contribution in [0.1, 0.15) is 107 Å². The fraction of sp³-hybridized carbons (Fsp3) is 0.587. The number of nitrogens with two attached hydrogens (primary N) is 1. The molecule has 3 aliphatic carbocycles. The first-order valence-electron chi connectivity index (χ1n) is 21.0. The Labute approximate surface area is 327 Å². The second-order valence-corrected chi connectivity index (χ2v) is 17.2. The summed E-state index contributed by atoms with van der Waals surface area (Å²) < 4.78 is 0. The molecule has 1 aromatic carbocycles. The van der Waals surface area contributed by atoms with E-state index in [1.165, 1.54) is 19.3 Å². The molecule has 10 atom stereocenters. The van der Waals surface area contributed by atoms with Crippen LogP contribution < -0.4 is 11.1 Å². The summed E-state index contributed by atoms with van der Waals surface area (Å²) in [6, 6.07) is 9.38. The molecule has 300 valence electrons. The van der Waals surface area contributed by atoms with Crippen LogP contribution in [-0.2, 0) is 17.6 Å². The van der Waals surface area contributed by atoms with Crippen molar-refractivity contribution in [1.29, 1.82) is 0 Å². The second kappa shape index (κ2) is 18.9. The summed E-state index contributed by atoms with van der Waals surface area (Å²) in [5.41, 5.74) is 9.41. The van der Waals surface area contributed by atoms with Gasteiger partial charge in [0.1, 0.15) is 5.75 Å². The smallest absolute Gasteiger partial charge is 0.309 e. The van der Waals surface area contributed by atoms with E-state index in [1.54, 1.807) is 12.1 Å². The Morgan fingerprint density at radius 3 is 2.53 bits per heavy atom. The summed E-state index contributed by atoms with van der Waals surface area (Å²) >= 11 is 0. The van der Waals surface area contributed by atoms with Gasteiger partial charge in [0, 0.05) is 36.2 Å². The maximum absolute atomic E-state index is 12.7. The lowest BCUT2D eigenvalue weighted by molar-refractivity contribution is -0.148. The maximum Gasteiger partial charge on any atom is 0.309 e. The van der Waals surface area contributed by atoms with Gasteiger partial charge in [-0.3, -0.25) is 4.79 Å². The first-order chi connectivity index (χ1) is 26.5. The van der Waals surface area contributed by atoms with E-state index in [0.29, 0.717) is 44.0 Å². The molecule has 9 nitrogen and oxygen atoms in total. The number of dihydropyridines is 1. The number of carboxylic acids is 1. The van der Waals surface area contributed by atoms with Crippen molar-refractivity contribution in [2.45, 2.75) is 121 Å². The van der Waals surface area contributed by atoms with Crippen molar-refractivity contribution in [3.63, 3.8) is 0 Å². The number of hydrogen-bond acceptors (Lipinski definition) is 7. The monoisotopic (exact) mass is 755 g/mol. The average Bonchev–Trinajstić information content (AvgIpc) is 3.71. The van der Waals surface area contributed by atoms with Crippen molar-refractivity contribution < 1.29 is 30.3 Å². The van der Waals surface area contributed by atoms with Crippen molar-refractivity contribution in [3.05, 3.63) is 101 Å². The molecule has 0 saturated heterocycles. The first kappa shape index (κ1) is 40.9.